The average molecular weight is 305 g/mol. The Morgan fingerprint density at radius 3 is 2.33 bits per heavy atom. The van der Waals surface area contributed by atoms with Crippen LogP contribution in [0.3, 0.4) is 0 Å². The van der Waals surface area contributed by atoms with Crippen LogP contribution in [-0.4, -0.2) is 22.5 Å². The fourth-order valence-electron chi connectivity index (χ4n) is 2.02. The number of hydrogen-bond donors (Lipinski definition) is 2. The van der Waals surface area contributed by atoms with Crippen LogP contribution < -0.4 is 15.4 Å². The van der Waals surface area contributed by atoms with Gasteiger partial charge in [-0.15, -0.1) is 0 Å². The van der Waals surface area contributed by atoms with E-state index in [1.807, 2.05) is 31.1 Å². The van der Waals surface area contributed by atoms with Gasteiger partial charge < -0.3 is 10.6 Å². The molecule has 0 spiro atoms. The van der Waals surface area contributed by atoms with Crippen molar-refractivity contribution in [3.63, 3.8) is 0 Å². The SMILES string of the molecule is CN(C)c1ccccc1NS(=O)(=O)Cc1ccccc1N. The van der Waals surface area contributed by atoms with E-state index in [2.05, 4.69) is 4.72 Å². The van der Waals surface area contributed by atoms with E-state index >= 15 is 0 Å². The molecule has 0 aliphatic carbocycles. The Kier molecular flexibility index (Phi) is 4.37. The Bertz CT molecular complexity index is 727. The first-order valence-corrected chi connectivity index (χ1v) is 8.14. The third-order valence-corrected chi connectivity index (χ3v) is 4.27. The number of nitrogen functional groups attached to an aromatic ring is 1. The van der Waals surface area contributed by atoms with E-state index in [-0.39, 0.29) is 5.75 Å². The number of benzene rings is 2. The van der Waals surface area contributed by atoms with E-state index in [0.717, 1.165) is 5.69 Å². The van der Waals surface area contributed by atoms with Crippen molar-refractivity contribution in [3.05, 3.63) is 54.1 Å². The summed E-state index contributed by atoms with van der Waals surface area (Å²) in [5.74, 6) is -0.151. The highest BCUT2D eigenvalue weighted by molar-refractivity contribution is 7.91. The summed E-state index contributed by atoms with van der Waals surface area (Å²) in [6, 6.07) is 14.2. The molecule has 0 aliphatic rings. The van der Waals surface area contributed by atoms with Crippen molar-refractivity contribution >= 4 is 27.1 Å². The Labute approximate surface area is 125 Å². The Hall–Kier alpha value is -2.21. The van der Waals surface area contributed by atoms with Gasteiger partial charge in [0.2, 0.25) is 10.0 Å². The summed E-state index contributed by atoms with van der Waals surface area (Å²) >= 11 is 0. The number of anilines is 3. The van der Waals surface area contributed by atoms with Crippen molar-refractivity contribution in [1.29, 1.82) is 0 Å². The first kappa shape index (κ1) is 15.2. The van der Waals surface area contributed by atoms with E-state index in [1.165, 1.54) is 0 Å². The largest absolute Gasteiger partial charge is 0.398 e. The van der Waals surface area contributed by atoms with E-state index in [9.17, 15) is 8.42 Å². The standard InChI is InChI=1S/C15H19N3O2S/c1-18(2)15-10-6-5-9-14(15)17-21(19,20)11-12-7-3-4-8-13(12)16/h3-10,17H,11,16H2,1-2H3. The molecule has 0 atom stereocenters. The van der Waals surface area contributed by atoms with Crippen LogP contribution in [0.1, 0.15) is 5.56 Å². The second kappa shape index (κ2) is 6.05. The number of nitrogens with one attached hydrogen (secondary N) is 1. The van der Waals surface area contributed by atoms with Crippen LogP contribution >= 0.6 is 0 Å². The lowest BCUT2D eigenvalue weighted by Gasteiger charge is -2.18. The van der Waals surface area contributed by atoms with Crippen molar-refractivity contribution in [2.24, 2.45) is 0 Å². The van der Waals surface area contributed by atoms with Crippen molar-refractivity contribution in [3.8, 4) is 0 Å². The zero-order chi connectivity index (χ0) is 15.5. The molecular weight excluding hydrogens is 286 g/mol. The molecule has 0 amide bonds. The lowest BCUT2D eigenvalue weighted by Crippen LogP contribution is -2.18. The van der Waals surface area contributed by atoms with Gasteiger partial charge in [0.1, 0.15) is 0 Å². The van der Waals surface area contributed by atoms with Gasteiger partial charge in [0, 0.05) is 19.8 Å². The predicted octanol–water partition coefficient (Wildman–Crippen LogP) is 2.28. The topological polar surface area (TPSA) is 75.4 Å². The summed E-state index contributed by atoms with van der Waals surface area (Å²) in [4.78, 5) is 1.86. The molecule has 2 aromatic rings. The number of sulfonamides is 1. The average Bonchev–Trinajstić information content (AvgIpc) is 2.41. The fourth-order valence-corrected chi connectivity index (χ4v) is 3.28. The van der Waals surface area contributed by atoms with Gasteiger partial charge in [-0.05, 0) is 23.8 Å². The predicted molar refractivity (Wildman–Crippen MR) is 87.9 cm³/mol. The maximum absolute atomic E-state index is 12.3. The molecule has 112 valence electrons. The van der Waals surface area contributed by atoms with E-state index in [4.69, 9.17) is 5.73 Å². The van der Waals surface area contributed by atoms with Gasteiger partial charge in [0.05, 0.1) is 17.1 Å². The normalized spacial score (nSPS) is 11.1. The minimum Gasteiger partial charge on any atom is -0.398 e. The van der Waals surface area contributed by atoms with Gasteiger partial charge in [-0.3, -0.25) is 4.72 Å². The maximum Gasteiger partial charge on any atom is 0.237 e. The molecule has 0 saturated carbocycles. The zero-order valence-electron chi connectivity index (χ0n) is 12.1. The van der Waals surface area contributed by atoms with Crippen LogP contribution in [0.2, 0.25) is 0 Å². The number of rotatable bonds is 5. The van der Waals surface area contributed by atoms with Crippen molar-refractivity contribution < 1.29 is 8.42 Å². The van der Waals surface area contributed by atoms with Crippen LogP contribution in [0.5, 0.6) is 0 Å². The van der Waals surface area contributed by atoms with Gasteiger partial charge in [-0.2, -0.15) is 0 Å². The van der Waals surface area contributed by atoms with Gasteiger partial charge in [-0.1, -0.05) is 30.3 Å². The van der Waals surface area contributed by atoms with Crippen molar-refractivity contribution in [2.75, 3.05) is 29.5 Å². The Balaban J connectivity index is 2.25. The molecule has 5 nitrogen and oxygen atoms in total. The monoisotopic (exact) mass is 305 g/mol. The molecular formula is C15H19N3O2S. The molecule has 3 N–H and O–H groups in total. The first-order chi connectivity index (χ1) is 9.89. The molecule has 0 radical (unpaired) electrons. The van der Waals surface area contributed by atoms with Gasteiger partial charge in [0.15, 0.2) is 0 Å². The highest BCUT2D eigenvalue weighted by Gasteiger charge is 2.15. The van der Waals surface area contributed by atoms with Crippen molar-refractivity contribution in [1.82, 2.24) is 0 Å². The molecule has 0 unspecified atom stereocenters. The molecule has 2 rings (SSSR count). The summed E-state index contributed by atoms with van der Waals surface area (Å²) in [7, 11) is 0.204. The van der Waals surface area contributed by atoms with E-state index in [1.54, 1.807) is 36.4 Å². The summed E-state index contributed by atoms with van der Waals surface area (Å²) in [6.45, 7) is 0. The van der Waals surface area contributed by atoms with Gasteiger partial charge in [0.25, 0.3) is 0 Å². The minimum absolute atomic E-state index is 0.151. The molecule has 2 aromatic carbocycles. The van der Waals surface area contributed by atoms with Gasteiger partial charge >= 0.3 is 0 Å². The van der Waals surface area contributed by atoms with Crippen LogP contribution in [0, 0.1) is 0 Å². The minimum atomic E-state index is -3.52. The molecule has 0 heterocycles. The molecule has 0 saturated heterocycles. The zero-order valence-corrected chi connectivity index (χ0v) is 12.9. The lowest BCUT2D eigenvalue weighted by molar-refractivity contribution is 0.600. The molecule has 0 aliphatic heterocycles. The smallest absolute Gasteiger partial charge is 0.237 e. The first-order valence-electron chi connectivity index (χ1n) is 6.49. The number of para-hydroxylation sites is 3. The molecule has 6 heteroatoms. The van der Waals surface area contributed by atoms with Gasteiger partial charge in [-0.25, -0.2) is 8.42 Å². The van der Waals surface area contributed by atoms with E-state index in [0.29, 0.717) is 16.9 Å². The number of nitrogens with two attached hydrogens (primary N) is 1. The second-order valence-electron chi connectivity index (χ2n) is 4.97. The summed E-state index contributed by atoms with van der Waals surface area (Å²) in [5.41, 5.74) is 8.22. The summed E-state index contributed by atoms with van der Waals surface area (Å²) in [5, 5.41) is 0. The molecule has 0 fully saturated rings. The molecule has 21 heavy (non-hydrogen) atoms. The Morgan fingerprint density at radius 2 is 1.67 bits per heavy atom. The van der Waals surface area contributed by atoms with Crippen molar-refractivity contribution in [2.45, 2.75) is 5.75 Å². The number of nitrogens with zero attached hydrogens (tertiary/aromatic N) is 1. The third-order valence-electron chi connectivity index (χ3n) is 3.05. The molecule has 0 bridgehead atoms. The summed E-state index contributed by atoms with van der Waals surface area (Å²) < 4.78 is 27.2. The van der Waals surface area contributed by atoms with Crippen LogP contribution in [0.4, 0.5) is 17.1 Å². The fraction of sp³-hybridized carbons (Fsp3) is 0.200. The number of hydrogen-bond acceptors (Lipinski definition) is 4. The van der Waals surface area contributed by atoms with E-state index < -0.39 is 10.0 Å². The van der Waals surface area contributed by atoms with Crippen LogP contribution in [0.15, 0.2) is 48.5 Å². The lowest BCUT2D eigenvalue weighted by atomic mass is 10.2. The third kappa shape index (κ3) is 3.88. The van der Waals surface area contributed by atoms with Crippen LogP contribution in [-0.2, 0) is 15.8 Å². The summed E-state index contributed by atoms with van der Waals surface area (Å²) in [6.07, 6.45) is 0. The van der Waals surface area contributed by atoms with Crippen LogP contribution in [0.25, 0.3) is 0 Å². The maximum atomic E-state index is 12.3. The highest BCUT2D eigenvalue weighted by Crippen LogP contribution is 2.25. The molecule has 0 aromatic heterocycles. The quantitative estimate of drug-likeness (QED) is 0.831. The highest BCUT2D eigenvalue weighted by atomic mass is 32.2. The Morgan fingerprint density at radius 1 is 1.05 bits per heavy atom. The second-order valence-corrected chi connectivity index (χ2v) is 6.69.